The van der Waals surface area contributed by atoms with Crippen molar-refractivity contribution in [2.45, 2.75) is 39.0 Å². The van der Waals surface area contributed by atoms with Gasteiger partial charge in [0, 0.05) is 11.5 Å². The predicted octanol–water partition coefficient (Wildman–Crippen LogP) is 4.65. The van der Waals surface area contributed by atoms with Crippen LogP contribution >= 0.6 is 11.3 Å². The van der Waals surface area contributed by atoms with E-state index < -0.39 is 0 Å². The van der Waals surface area contributed by atoms with Gasteiger partial charge in [0.1, 0.15) is 22.4 Å². The first-order valence-electron chi connectivity index (χ1n) is 7.37. The van der Waals surface area contributed by atoms with Crippen LogP contribution in [0.2, 0.25) is 0 Å². The molecule has 1 fully saturated rings. The molecule has 0 amide bonds. The van der Waals surface area contributed by atoms with Gasteiger partial charge in [-0.15, -0.1) is 10.2 Å². The van der Waals surface area contributed by atoms with E-state index in [2.05, 4.69) is 42.8 Å². The van der Waals surface area contributed by atoms with Crippen molar-refractivity contribution in [2.24, 2.45) is 0 Å². The van der Waals surface area contributed by atoms with Gasteiger partial charge in [-0.1, -0.05) is 30.4 Å². The molecule has 0 spiro atoms. The van der Waals surface area contributed by atoms with Crippen LogP contribution in [0.3, 0.4) is 0 Å². The molecular weight excluding hydrogens is 280 g/mol. The van der Waals surface area contributed by atoms with Crippen LogP contribution in [-0.2, 0) is 0 Å². The molecule has 1 aromatic carbocycles. The number of hydrogen-bond acceptors (Lipinski definition) is 4. The molecule has 3 nitrogen and oxygen atoms in total. The Morgan fingerprint density at radius 3 is 2.57 bits per heavy atom. The molecule has 0 radical (unpaired) electrons. The van der Waals surface area contributed by atoms with Crippen LogP contribution in [0.4, 0.5) is 0 Å². The lowest BCUT2D eigenvalue weighted by atomic mass is 9.86. The van der Waals surface area contributed by atoms with Crippen molar-refractivity contribution in [3.8, 4) is 16.3 Å². The summed E-state index contributed by atoms with van der Waals surface area (Å²) in [7, 11) is 0. The Hall–Kier alpha value is -1.68. The molecule has 110 valence electrons. The molecule has 1 aliphatic carbocycles. The van der Waals surface area contributed by atoms with Crippen molar-refractivity contribution in [3.05, 3.63) is 40.9 Å². The second-order valence-corrected chi connectivity index (χ2v) is 6.62. The Balaban J connectivity index is 1.88. The third-order valence-corrected chi connectivity index (χ3v) is 5.08. The van der Waals surface area contributed by atoms with Crippen LogP contribution < -0.4 is 4.74 Å². The molecular formula is C17H20N2OS. The second kappa shape index (κ2) is 5.98. The summed E-state index contributed by atoms with van der Waals surface area (Å²) in [6.45, 7) is 8.37. The van der Waals surface area contributed by atoms with E-state index in [1.807, 2.05) is 0 Å². The molecule has 2 aromatic rings. The van der Waals surface area contributed by atoms with Gasteiger partial charge in [-0.05, 0) is 49.9 Å². The van der Waals surface area contributed by atoms with Crippen LogP contribution in [0.15, 0.2) is 24.8 Å². The summed E-state index contributed by atoms with van der Waals surface area (Å²) in [5, 5.41) is 11.0. The normalized spacial score (nSPS) is 14.8. The predicted molar refractivity (Wildman–Crippen MR) is 87.1 cm³/mol. The maximum absolute atomic E-state index is 5.73. The molecule has 4 heteroatoms. The highest BCUT2D eigenvalue weighted by molar-refractivity contribution is 7.14. The summed E-state index contributed by atoms with van der Waals surface area (Å²) in [4.78, 5) is 0. The van der Waals surface area contributed by atoms with Gasteiger partial charge in [0.15, 0.2) is 0 Å². The van der Waals surface area contributed by atoms with Crippen molar-refractivity contribution in [1.29, 1.82) is 0 Å². The summed E-state index contributed by atoms with van der Waals surface area (Å²) in [5.41, 5.74) is 3.40. The molecule has 1 saturated carbocycles. The Kier molecular flexibility index (Phi) is 4.06. The fourth-order valence-corrected chi connectivity index (χ4v) is 3.61. The zero-order valence-corrected chi connectivity index (χ0v) is 13.4. The van der Waals surface area contributed by atoms with Crippen LogP contribution in [0.25, 0.3) is 10.6 Å². The summed E-state index contributed by atoms with van der Waals surface area (Å²) in [5.74, 6) is 1.59. The summed E-state index contributed by atoms with van der Waals surface area (Å²) in [6.07, 6.45) is 5.62. The van der Waals surface area contributed by atoms with Crippen molar-refractivity contribution >= 4 is 11.3 Å². The minimum Gasteiger partial charge on any atom is -0.489 e. The molecule has 0 atom stereocenters. The van der Waals surface area contributed by atoms with Crippen molar-refractivity contribution in [2.75, 3.05) is 6.61 Å². The number of nitrogens with zero attached hydrogens (tertiary/aromatic N) is 2. The lowest BCUT2D eigenvalue weighted by Crippen LogP contribution is -2.07. The minimum absolute atomic E-state index is 0.533. The fraction of sp³-hybridized carbons (Fsp3) is 0.412. The number of aryl methyl sites for hydroxylation is 2. The average molecular weight is 300 g/mol. The number of benzene rings is 1. The molecule has 0 bridgehead atoms. The summed E-state index contributed by atoms with van der Waals surface area (Å²) in [6, 6.07) is 4.27. The Morgan fingerprint density at radius 1 is 1.29 bits per heavy atom. The molecule has 0 aliphatic heterocycles. The lowest BCUT2D eigenvalue weighted by Gasteiger charge is -2.21. The average Bonchev–Trinajstić information content (AvgIpc) is 2.85. The molecule has 0 saturated heterocycles. The van der Waals surface area contributed by atoms with Gasteiger partial charge in [0.25, 0.3) is 0 Å². The zero-order valence-electron chi connectivity index (χ0n) is 12.6. The van der Waals surface area contributed by atoms with Crippen molar-refractivity contribution in [1.82, 2.24) is 10.2 Å². The van der Waals surface area contributed by atoms with Gasteiger partial charge >= 0.3 is 0 Å². The SMILES string of the molecule is C=CCOc1c(C)cc(-c2nnc(C3CCC3)s2)cc1C. The van der Waals surface area contributed by atoms with Gasteiger partial charge in [-0.2, -0.15) is 0 Å². The molecule has 0 unspecified atom stereocenters. The highest BCUT2D eigenvalue weighted by Gasteiger charge is 2.23. The third-order valence-electron chi connectivity index (χ3n) is 3.95. The first-order chi connectivity index (χ1) is 10.2. The Labute approximate surface area is 129 Å². The molecule has 1 aromatic heterocycles. The first-order valence-corrected chi connectivity index (χ1v) is 8.19. The van der Waals surface area contributed by atoms with Gasteiger partial charge in [-0.3, -0.25) is 0 Å². The summed E-state index contributed by atoms with van der Waals surface area (Å²) >= 11 is 1.73. The third kappa shape index (κ3) is 2.86. The highest BCUT2D eigenvalue weighted by Crippen LogP contribution is 2.40. The molecule has 0 N–H and O–H groups in total. The maximum atomic E-state index is 5.73. The monoisotopic (exact) mass is 300 g/mol. The van der Waals surface area contributed by atoms with E-state index >= 15 is 0 Å². The quantitative estimate of drug-likeness (QED) is 0.754. The number of hydrogen-bond donors (Lipinski definition) is 0. The van der Waals surface area contributed by atoms with Gasteiger partial charge < -0.3 is 4.74 Å². The van der Waals surface area contributed by atoms with E-state index in [0.29, 0.717) is 12.5 Å². The Morgan fingerprint density at radius 2 is 2.00 bits per heavy atom. The number of aromatic nitrogens is 2. The van der Waals surface area contributed by atoms with E-state index in [1.165, 1.54) is 24.3 Å². The second-order valence-electron chi connectivity index (χ2n) is 5.61. The van der Waals surface area contributed by atoms with E-state index in [9.17, 15) is 0 Å². The van der Waals surface area contributed by atoms with Crippen LogP contribution in [-0.4, -0.2) is 16.8 Å². The van der Waals surface area contributed by atoms with Crippen LogP contribution in [0.5, 0.6) is 5.75 Å². The standard InChI is InChI=1S/C17H20N2OS/c1-4-8-20-15-11(2)9-14(10-12(15)3)17-19-18-16(21-17)13-6-5-7-13/h4,9-10,13H,1,5-8H2,2-3H3. The molecule has 1 aliphatic rings. The lowest BCUT2D eigenvalue weighted by molar-refractivity contribution is 0.358. The highest BCUT2D eigenvalue weighted by atomic mass is 32.1. The molecule has 1 heterocycles. The van der Waals surface area contributed by atoms with Gasteiger partial charge in [-0.25, -0.2) is 0 Å². The van der Waals surface area contributed by atoms with E-state index in [1.54, 1.807) is 17.4 Å². The number of rotatable bonds is 5. The molecule has 3 rings (SSSR count). The van der Waals surface area contributed by atoms with E-state index in [4.69, 9.17) is 4.74 Å². The first kappa shape index (κ1) is 14.3. The Bertz CT molecular complexity index is 636. The molecule has 21 heavy (non-hydrogen) atoms. The fourth-order valence-electron chi connectivity index (χ4n) is 2.62. The smallest absolute Gasteiger partial charge is 0.147 e. The van der Waals surface area contributed by atoms with E-state index in [0.717, 1.165) is 27.4 Å². The van der Waals surface area contributed by atoms with Crippen LogP contribution in [0, 0.1) is 13.8 Å². The van der Waals surface area contributed by atoms with E-state index in [-0.39, 0.29) is 0 Å². The topological polar surface area (TPSA) is 35.0 Å². The van der Waals surface area contributed by atoms with Crippen LogP contribution in [0.1, 0.15) is 41.3 Å². The van der Waals surface area contributed by atoms with Crippen molar-refractivity contribution in [3.63, 3.8) is 0 Å². The van der Waals surface area contributed by atoms with Gasteiger partial charge in [0.05, 0.1) is 0 Å². The van der Waals surface area contributed by atoms with Crippen molar-refractivity contribution < 1.29 is 4.74 Å². The maximum Gasteiger partial charge on any atom is 0.147 e. The zero-order chi connectivity index (χ0) is 14.8. The number of ether oxygens (including phenoxy) is 1. The minimum atomic E-state index is 0.533. The summed E-state index contributed by atoms with van der Waals surface area (Å²) < 4.78 is 5.73. The van der Waals surface area contributed by atoms with Gasteiger partial charge in [0.2, 0.25) is 0 Å². The largest absolute Gasteiger partial charge is 0.489 e.